The smallest absolute Gasteiger partial charge is 0.160 e. The average molecular weight is 643 g/mol. The van der Waals surface area contributed by atoms with Crippen molar-refractivity contribution in [2.45, 2.75) is 177 Å². The van der Waals surface area contributed by atoms with Gasteiger partial charge >= 0.3 is 0 Å². The van der Waals surface area contributed by atoms with Gasteiger partial charge in [0.15, 0.2) is 12.6 Å². The van der Waals surface area contributed by atoms with E-state index in [1.54, 1.807) is 14.2 Å². The van der Waals surface area contributed by atoms with Crippen molar-refractivity contribution in [2.75, 3.05) is 27.9 Å². The lowest BCUT2D eigenvalue weighted by molar-refractivity contribution is -0.247. The molecule has 0 radical (unpaired) electrons. The quantitative estimate of drug-likeness (QED) is 0.199. The maximum Gasteiger partial charge on any atom is 0.160 e. The molecule has 3 rings (SSSR count). The Morgan fingerprint density at radius 3 is 1.40 bits per heavy atom. The van der Waals surface area contributed by atoms with E-state index in [0.717, 1.165) is 37.7 Å². The zero-order valence-corrected chi connectivity index (χ0v) is 32.3. The van der Waals surface area contributed by atoms with Crippen molar-refractivity contribution in [3.8, 4) is 0 Å². The first kappa shape index (κ1) is 42.8. The van der Waals surface area contributed by atoms with Crippen LogP contribution in [0.2, 0.25) is 0 Å². The SMILES string of the molecule is CCC1C(CC)[C@H](C)CO[C@H]1OC.CCC1C(CC)[C@H](CC)C(CC)O[C@H]1OC.CCCC1O[C@@H](C)C(OC)C(CC)[C@@H]1CC. The van der Waals surface area contributed by atoms with Crippen molar-refractivity contribution in [1.29, 1.82) is 0 Å². The first-order valence-corrected chi connectivity index (χ1v) is 19.2. The highest BCUT2D eigenvalue weighted by Crippen LogP contribution is 2.42. The van der Waals surface area contributed by atoms with E-state index >= 15 is 0 Å². The van der Waals surface area contributed by atoms with Gasteiger partial charge in [0.1, 0.15) is 0 Å². The molecule has 270 valence electrons. The van der Waals surface area contributed by atoms with Crippen LogP contribution in [-0.2, 0) is 28.4 Å². The summed E-state index contributed by atoms with van der Waals surface area (Å²) in [5.41, 5.74) is 0. The number of methoxy groups -OCH3 is 3. The summed E-state index contributed by atoms with van der Waals surface area (Å²) in [6.45, 7) is 25.7. The molecule has 3 aliphatic rings. The maximum atomic E-state index is 6.14. The summed E-state index contributed by atoms with van der Waals surface area (Å²) in [6, 6.07) is 0. The molecule has 0 N–H and O–H groups in total. The normalized spacial score (nSPS) is 40.1. The third-order valence-corrected chi connectivity index (χ3v) is 11.7. The van der Waals surface area contributed by atoms with Gasteiger partial charge in [0.25, 0.3) is 0 Å². The van der Waals surface area contributed by atoms with Gasteiger partial charge in [-0.25, -0.2) is 0 Å². The number of rotatable bonds is 13. The monoisotopic (exact) mass is 643 g/mol. The minimum Gasteiger partial charge on any atom is -0.378 e. The van der Waals surface area contributed by atoms with Crippen LogP contribution >= 0.6 is 0 Å². The molecule has 0 aromatic heterocycles. The lowest BCUT2D eigenvalue weighted by Gasteiger charge is -2.46. The van der Waals surface area contributed by atoms with Crippen LogP contribution in [0, 0.1) is 47.3 Å². The van der Waals surface area contributed by atoms with Crippen LogP contribution in [0.3, 0.4) is 0 Å². The maximum absolute atomic E-state index is 6.14. The van der Waals surface area contributed by atoms with Crippen molar-refractivity contribution in [3.05, 3.63) is 0 Å². The Bertz CT molecular complexity index is 702. The minimum absolute atomic E-state index is 0.0164. The molecule has 3 heterocycles. The third-order valence-electron chi connectivity index (χ3n) is 11.7. The molecular formula is C39H78O6. The topological polar surface area (TPSA) is 55.4 Å². The number of hydrogen-bond donors (Lipinski definition) is 0. The summed E-state index contributed by atoms with van der Waals surface area (Å²) in [5, 5.41) is 0. The highest BCUT2D eigenvalue weighted by Gasteiger charge is 2.43. The van der Waals surface area contributed by atoms with Crippen molar-refractivity contribution in [3.63, 3.8) is 0 Å². The predicted octanol–water partition coefficient (Wildman–Crippen LogP) is 10.2. The van der Waals surface area contributed by atoms with E-state index in [-0.39, 0.29) is 24.8 Å². The molecule has 0 aliphatic carbocycles. The van der Waals surface area contributed by atoms with Gasteiger partial charge in [-0.15, -0.1) is 0 Å². The molecule has 0 saturated carbocycles. The Hall–Kier alpha value is -0.240. The highest BCUT2D eigenvalue weighted by molar-refractivity contribution is 4.90. The molecule has 3 aliphatic heterocycles. The Balaban J connectivity index is 0.000000340. The first-order valence-electron chi connectivity index (χ1n) is 19.2. The second-order valence-corrected chi connectivity index (χ2v) is 14.0. The van der Waals surface area contributed by atoms with Gasteiger partial charge < -0.3 is 28.4 Å². The largest absolute Gasteiger partial charge is 0.378 e. The summed E-state index contributed by atoms with van der Waals surface area (Å²) in [5.74, 6) is 5.41. The Kier molecular flexibility index (Phi) is 22.0. The van der Waals surface area contributed by atoms with Gasteiger partial charge in [0.05, 0.1) is 31.0 Å². The van der Waals surface area contributed by atoms with E-state index in [1.807, 2.05) is 7.11 Å². The molecule has 0 amide bonds. The van der Waals surface area contributed by atoms with E-state index in [2.05, 4.69) is 76.2 Å². The van der Waals surface area contributed by atoms with Gasteiger partial charge in [-0.1, -0.05) is 108 Å². The van der Waals surface area contributed by atoms with E-state index in [1.165, 1.54) is 44.9 Å². The average Bonchev–Trinajstić information content (AvgIpc) is 3.07. The summed E-state index contributed by atoms with van der Waals surface area (Å²) in [7, 11) is 5.34. The summed E-state index contributed by atoms with van der Waals surface area (Å²) in [4.78, 5) is 0. The Morgan fingerprint density at radius 1 is 0.489 bits per heavy atom. The van der Waals surface area contributed by atoms with Gasteiger partial charge in [0.2, 0.25) is 0 Å². The molecule has 0 bridgehead atoms. The first-order chi connectivity index (χ1) is 21.7. The molecule has 45 heavy (non-hydrogen) atoms. The van der Waals surface area contributed by atoms with Gasteiger partial charge in [-0.3, -0.25) is 0 Å². The van der Waals surface area contributed by atoms with E-state index in [4.69, 9.17) is 28.4 Å². The molecular weight excluding hydrogens is 564 g/mol. The Labute approximate surface area is 280 Å². The van der Waals surface area contributed by atoms with Crippen LogP contribution in [0.5, 0.6) is 0 Å². The van der Waals surface area contributed by atoms with Gasteiger partial charge in [-0.05, 0) is 68.1 Å². The van der Waals surface area contributed by atoms with Gasteiger partial charge in [0, 0.05) is 33.2 Å². The molecule has 0 spiro atoms. The van der Waals surface area contributed by atoms with Crippen molar-refractivity contribution >= 4 is 0 Å². The van der Waals surface area contributed by atoms with E-state index < -0.39 is 0 Å². The zero-order chi connectivity index (χ0) is 34.1. The molecule has 0 aromatic carbocycles. The number of hydrogen-bond acceptors (Lipinski definition) is 6. The number of ether oxygens (including phenoxy) is 6. The van der Waals surface area contributed by atoms with Gasteiger partial charge in [-0.2, -0.15) is 0 Å². The molecule has 3 saturated heterocycles. The Morgan fingerprint density at radius 2 is 0.978 bits per heavy atom. The standard InChI is InChI=1S/2C14H28O2.C11H22O2/c1-6-9-13-11(7-2)12(8-3)14(15-5)10(4)16-13;1-6-10-11(7-2)13(9-4)16-14(15-5)12(10)8-3;1-5-9-8(3)7-13-11(12-4)10(9)6-2/h2*10-14H,6-9H2,1-5H3;8-11H,5-7H2,1-4H3/t10-,11-,12?,13?,14?;10?,11-,12?,13?,14+;8-,9?,10?,11-/m001/s1. The summed E-state index contributed by atoms with van der Waals surface area (Å²) >= 11 is 0. The van der Waals surface area contributed by atoms with Crippen LogP contribution < -0.4 is 0 Å². The van der Waals surface area contributed by atoms with Crippen LogP contribution in [0.1, 0.15) is 140 Å². The summed E-state index contributed by atoms with van der Waals surface area (Å²) < 4.78 is 34.4. The van der Waals surface area contributed by atoms with Crippen LogP contribution in [-0.4, -0.2) is 64.9 Å². The van der Waals surface area contributed by atoms with Crippen molar-refractivity contribution in [1.82, 2.24) is 0 Å². The fourth-order valence-corrected chi connectivity index (χ4v) is 9.38. The molecule has 6 nitrogen and oxygen atoms in total. The lowest BCUT2D eigenvalue weighted by atomic mass is 9.71. The van der Waals surface area contributed by atoms with Crippen LogP contribution in [0.15, 0.2) is 0 Å². The van der Waals surface area contributed by atoms with Crippen molar-refractivity contribution in [2.24, 2.45) is 47.3 Å². The molecule has 6 heteroatoms. The van der Waals surface area contributed by atoms with Crippen LogP contribution in [0.4, 0.5) is 0 Å². The second-order valence-electron chi connectivity index (χ2n) is 14.0. The lowest BCUT2D eigenvalue weighted by Crippen LogP contribution is -2.50. The van der Waals surface area contributed by atoms with E-state index in [0.29, 0.717) is 47.7 Å². The molecule has 14 atom stereocenters. The van der Waals surface area contributed by atoms with Crippen molar-refractivity contribution < 1.29 is 28.4 Å². The third kappa shape index (κ3) is 11.4. The minimum atomic E-state index is 0.0164. The highest BCUT2D eigenvalue weighted by atomic mass is 16.7. The second kappa shape index (κ2) is 23.2. The van der Waals surface area contributed by atoms with E-state index in [9.17, 15) is 0 Å². The predicted molar refractivity (Wildman–Crippen MR) is 188 cm³/mol. The summed E-state index contributed by atoms with van der Waals surface area (Å²) in [6.07, 6.45) is 13.3. The molecule has 8 unspecified atom stereocenters. The van der Waals surface area contributed by atoms with Crippen LogP contribution in [0.25, 0.3) is 0 Å². The molecule has 0 aromatic rings. The fourth-order valence-electron chi connectivity index (χ4n) is 9.38. The fraction of sp³-hybridized carbons (Fsp3) is 1.00. The molecule has 3 fully saturated rings. The zero-order valence-electron chi connectivity index (χ0n) is 32.3.